The summed E-state index contributed by atoms with van der Waals surface area (Å²) in [5.74, 6) is 1.03. The van der Waals surface area contributed by atoms with Crippen molar-refractivity contribution >= 4 is 39.5 Å². The van der Waals surface area contributed by atoms with E-state index >= 15 is 0 Å². The van der Waals surface area contributed by atoms with Crippen LogP contribution in [0.2, 0.25) is 0 Å². The van der Waals surface area contributed by atoms with Gasteiger partial charge in [0.25, 0.3) is 0 Å². The number of rotatable bonds is 78. The van der Waals surface area contributed by atoms with E-state index < -0.39 is 97.5 Å². The Hall–Kier alpha value is -1.94. The van der Waals surface area contributed by atoms with E-state index in [4.69, 9.17) is 37.0 Å². The van der Waals surface area contributed by atoms with Crippen molar-refractivity contribution in [3.63, 3.8) is 0 Å². The van der Waals surface area contributed by atoms with Crippen molar-refractivity contribution in [3.05, 3.63) is 0 Å². The van der Waals surface area contributed by atoms with Gasteiger partial charge in [-0.2, -0.15) is 0 Å². The van der Waals surface area contributed by atoms with Gasteiger partial charge in [-0.3, -0.25) is 37.3 Å². The van der Waals surface area contributed by atoms with Crippen LogP contribution < -0.4 is 0 Å². The molecule has 0 aliphatic rings. The first-order valence-corrected chi connectivity index (χ1v) is 44.8. The molecule has 0 aromatic rings. The lowest BCUT2D eigenvalue weighted by atomic mass is 9.99. The molecule has 0 fully saturated rings. The fourth-order valence-corrected chi connectivity index (χ4v) is 13.9. The minimum absolute atomic E-state index is 0.102. The number of unbranched alkanes of at least 4 members (excludes halogenated alkanes) is 41. The van der Waals surface area contributed by atoms with Crippen LogP contribution in [0, 0.1) is 23.7 Å². The topological polar surface area (TPSA) is 237 Å². The van der Waals surface area contributed by atoms with Crippen LogP contribution in [0.5, 0.6) is 0 Å². The largest absolute Gasteiger partial charge is 0.472 e. The fraction of sp³-hybridized carbons (Fsp3) is 0.951. The summed E-state index contributed by atoms with van der Waals surface area (Å²) in [5.41, 5.74) is 0. The normalized spacial score (nSPS) is 14.8. The summed E-state index contributed by atoms with van der Waals surface area (Å²) in [6, 6.07) is 0. The molecule has 0 saturated heterocycles. The molecule has 0 rings (SSSR count). The number of phosphoric ester groups is 2. The summed E-state index contributed by atoms with van der Waals surface area (Å²) in [5, 5.41) is 10.6. The third-order valence-corrected chi connectivity index (χ3v) is 21.8. The van der Waals surface area contributed by atoms with Gasteiger partial charge in [0, 0.05) is 25.7 Å². The Morgan fingerprint density at radius 2 is 0.480 bits per heavy atom. The number of hydrogen-bond acceptors (Lipinski definition) is 15. The molecule has 6 unspecified atom stereocenters. The first-order chi connectivity index (χ1) is 48.2. The molecule has 0 saturated carbocycles. The summed E-state index contributed by atoms with van der Waals surface area (Å²) in [4.78, 5) is 72.9. The molecule has 0 aromatic carbocycles. The number of carbonyl (C=O) groups excluding carboxylic acids is 4. The fourth-order valence-electron chi connectivity index (χ4n) is 12.3. The van der Waals surface area contributed by atoms with Crippen LogP contribution in [0.3, 0.4) is 0 Å². The van der Waals surface area contributed by atoms with E-state index in [0.717, 1.165) is 114 Å². The van der Waals surface area contributed by atoms with Crippen molar-refractivity contribution in [1.82, 2.24) is 0 Å². The van der Waals surface area contributed by atoms with E-state index in [1.807, 2.05) is 0 Å². The Morgan fingerprint density at radius 1 is 0.280 bits per heavy atom. The molecule has 0 aliphatic carbocycles. The second-order valence-corrected chi connectivity index (χ2v) is 33.3. The highest BCUT2D eigenvalue weighted by molar-refractivity contribution is 7.47. The summed E-state index contributed by atoms with van der Waals surface area (Å²) in [6.45, 7) is 14.2. The molecule has 0 amide bonds. The molecule has 100 heavy (non-hydrogen) atoms. The SMILES string of the molecule is CCC(C)CCCCCCCCCCCCCCCCCCCCC(=O)OC[C@H](COP(=O)(O)OCC(O)COP(=O)(O)OC[C@@H](COC(=O)CCCCCCCCCC(C)C)OC(=O)CCCCCCCCC(C)CC)OC(=O)CCCCCCCCCCCCCCCCC(C)CC. The van der Waals surface area contributed by atoms with Crippen LogP contribution in [0.1, 0.15) is 415 Å². The smallest absolute Gasteiger partial charge is 0.462 e. The highest BCUT2D eigenvalue weighted by Gasteiger charge is 2.30. The van der Waals surface area contributed by atoms with Gasteiger partial charge in [0.2, 0.25) is 0 Å². The van der Waals surface area contributed by atoms with Crippen molar-refractivity contribution in [2.75, 3.05) is 39.6 Å². The second kappa shape index (κ2) is 70.1. The van der Waals surface area contributed by atoms with Gasteiger partial charge in [0.15, 0.2) is 12.2 Å². The van der Waals surface area contributed by atoms with Crippen LogP contribution in [0.25, 0.3) is 0 Å². The molecular formula is C81H158O17P2. The molecule has 19 heteroatoms. The van der Waals surface area contributed by atoms with Crippen molar-refractivity contribution in [2.45, 2.75) is 433 Å². The Kier molecular flexibility index (Phi) is 68.7. The van der Waals surface area contributed by atoms with E-state index in [-0.39, 0.29) is 25.7 Å². The molecule has 17 nitrogen and oxygen atoms in total. The zero-order valence-electron chi connectivity index (χ0n) is 65.8. The molecule has 0 spiro atoms. The zero-order valence-corrected chi connectivity index (χ0v) is 67.6. The van der Waals surface area contributed by atoms with Gasteiger partial charge >= 0.3 is 39.5 Å². The maximum Gasteiger partial charge on any atom is 0.472 e. The average Bonchev–Trinajstić information content (AvgIpc) is 0.996. The second-order valence-electron chi connectivity index (χ2n) is 30.4. The molecule has 0 radical (unpaired) electrons. The van der Waals surface area contributed by atoms with Crippen LogP contribution in [0.4, 0.5) is 0 Å². The monoisotopic (exact) mass is 1470 g/mol. The van der Waals surface area contributed by atoms with Crippen molar-refractivity contribution in [2.24, 2.45) is 23.7 Å². The van der Waals surface area contributed by atoms with E-state index in [1.165, 1.54) is 212 Å². The molecule has 0 bridgehead atoms. The lowest BCUT2D eigenvalue weighted by Gasteiger charge is -2.21. The number of phosphoric acid groups is 2. The molecule has 8 atom stereocenters. The van der Waals surface area contributed by atoms with Crippen molar-refractivity contribution in [3.8, 4) is 0 Å². The lowest BCUT2D eigenvalue weighted by molar-refractivity contribution is -0.161. The van der Waals surface area contributed by atoms with E-state index in [9.17, 15) is 43.2 Å². The third-order valence-electron chi connectivity index (χ3n) is 19.9. The molecule has 3 N–H and O–H groups in total. The van der Waals surface area contributed by atoms with Crippen LogP contribution >= 0.6 is 15.6 Å². The Labute approximate surface area is 613 Å². The summed E-state index contributed by atoms with van der Waals surface area (Å²) >= 11 is 0. The van der Waals surface area contributed by atoms with E-state index in [1.54, 1.807) is 0 Å². The molecule has 0 aliphatic heterocycles. The van der Waals surface area contributed by atoms with E-state index in [0.29, 0.717) is 31.6 Å². The summed E-state index contributed by atoms with van der Waals surface area (Å²) < 4.78 is 68.6. The standard InChI is InChI=1S/C81H158O17P2/c1-9-72(6)58-50-42-34-28-24-20-16-14-12-13-15-17-22-26-30-36-45-53-61-78(83)91-67-76(97-80(85)63-55-47-37-31-27-23-19-18-21-25-29-35-43-51-59-73(7)10-2)69-95-99(87,88)93-65-75(82)66-94-100(89,90)96-70-77(98-81(86)64-56-48-40-39-44-52-60-74(8)11-3)68-92-79(84)62-54-46-38-32-33-41-49-57-71(4)5/h71-77,82H,9-70H2,1-8H3,(H,87,88)(H,89,90)/t72?,73?,74?,75?,76-,77-/m1/s1. The maximum atomic E-state index is 13.1. The quantitative estimate of drug-likeness (QED) is 0.0222. The molecule has 0 aromatic heterocycles. The number of hydrogen-bond donors (Lipinski definition) is 3. The van der Waals surface area contributed by atoms with Gasteiger partial charge in [-0.25, -0.2) is 9.13 Å². The number of esters is 4. The molecule has 0 heterocycles. The Morgan fingerprint density at radius 3 is 0.710 bits per heavy atom. The minimum Gasteiger partial charge on any atom is -0.462 e. The Bertz CT molecular complexity index is 1960. The van der Waals surface area contributed by atoms with Gasteiger partial charge in [-0.05, 0) is 49.4 Å². The number of aliphatic hydroxyl groups excluding tert-OH is 1. The third kappa shape index (κ3) is 70.4. The summed E-state index contributed by atoms with van der Waals surface area (Å²) in [7, 11) is -9.92. The molecular weight excluding hydrogens is 1310 g/mol. The number of carbonyl (C=O) groups is 4. The Balaban J connectivity index is 5.19. The highest BCUT2D eigenvalue weighted by Crippen LogP contribution is 2.45. The van der Waals surface area contributed by atoms with Gasteiger partial charge in [0.1, 0.15) is 19.3 Å². The van der Waals surface area contributed by atoms with Gasteiger partial charge < -0.3 is 33.8 Å². The van der Waals surface area contributed by atoms with Gasteiger partial charge in [-0.15, -0.1) is 0 Å². The van der Waals surface area contributed by atoms with Crippen molar-refractivity contribution in [1.29, 1.82) is 0 Å². The lowest BCUT2D eigenvalue weighted by Crippen LogP contribution is -2.30. The number of ether oxygens (including phenoxy) is 4. The van der Waals surface area contributed by atoms with E-state index in [2.05, 4.69) is 55.4 Å². The van der Waals surface area contributed by atoms with Gasteiger partial charge in [-0.1, -0.05) is 364 Å². The first-order valence-electron chi connectivity index (χ1n) is 41.8. The minimum atomic E-state index is -4.96. The molecule has 594 valence electrons. The van der Waals surface area contributed by atoms with Crippen LogP contribution in [-0.2, 0) is 65.4 Å². The maximum absolute atomic E-state index is 13.1. The number of aliphatic hydroxyl groups is 1. The van der Waals surface area contributed by atoms with Crippen LogP contribution in [0.15, 0.2) is 0 Å². The van der Waals surface area contributed by atoms with Crippen LogP contribution in [-0.4, -0.2) is 96.7 Å². The zero-order chi connectivity index (χ0) is 73.8. The first kappa shape index (κ1) is 98.1. The summed E-state index contributed by atoms with van der Waals surface area (Å²) in [6.07, 6.45) is 57.1. The highest BCUT2D eigenvalue weighted by atomic mass is 31.2. The predicted octanol–water partition coefficient (Wildman–Crippen LogP) is 24.0. The van der Waals surface area contributed by atoms with Gasteiger partial charge in [0.05, 0.1) is 26.4 Å². The average molecular weight is 1470 g/mol. The van der Waals surface area contributed by atoms with Crippen molar-refractivity contribution < 1.29 is 80.2 Å². The predicted molar refractivity (Wildman–Crippen MR) is 409 cm³/mol.